The smallest absolute Gasteiger partial charge is 0.279 e. The highest BCUT2D eigenvalue weighted by molar-refractivity contribution is 7.18. The first-order chi connectivity index (χ1) is 13.7. The normalized spacial score (nSPS) is 16.6. The number of rotatable bonds is 3. The number of fused-ring (bicyclic) bond motifs is 3. The number of carbonyl (C=O) groups is 1. The summed E-state index contributed by atoms with van der Waals surface area (Å²) in [6.45, 7) is 6.62. The fourth-order valence-electron chi connectivity index (χ4n) is 3.84. The molecule has 6 nitrogen and oxygen atoms in total. The third-order valence-electron chi connectivity index (χ3n) is 5.58. The molecule has 1 aromatic carbocycles. The summed E-state index contributed by atoms with van der Waals surface area (Å²) in [6.07, 6.45) is 2.90. The van der Waals surface area contributed by atoms with Crippen LogP contribution in [0.15, 0.2) is 29.1 Å². The molecule has 2 heterocycles. The third kappa shape index (κ3) is 4.07. The molecule has 0 radical (unpaired) electrons. The van der Waals surface area contributed by atoms with Crippen molar-refractivity contribution in [2.24, 2.45) is 11.3 Å². The maximum atomic E-state index is 13.0. The van der Waals surface area contributed by atoms with E-state index in [1.165, 1.54) is 4.88 Å². The van der Waals surface area contributed by atoms with Crippen LogP contribution in [0, 0.1) is 11.3 Å². The van der Waals surface area contributed by atoms with E-state index < -0.39 is 0 Å². The minimum absolute atomic E-state index is 0.181. The van der Waals surface area contributed by atoms with Crippen LogP contribution in [-0.2, 0) is 24.2 Å². The van der Waals surface area contributed by atoms with Crippen LogP contribution in [0.2, 0.25) is 5.02 Å². The van der Waals surface area contributed by atoms with E-state index in [0.717, 1.165) is 29.5 Å². The molecule has 0 bridgehead atoms. The van der Waals surface area contributed by atoms with Crippen LogP contribution in [0.5, 0.6) is 0 Å². The molecule has 2 aromatic heterocycles. The second kappa shape index (κ2) is 7.54. The fraction of sp³-hybridized carbons (Fsp3) is 0.429. The van der Waals surface area contributed by atoms with Gasteiger partial charge in [-0.2, -0.15) is 0 Å². The van der Waals surface area contributed by atoms with E-state index in [-0.39, 0.29) is 23.4 Å². The third-order valence-corrected chi connectivity index (χ3v) is 6.98. The summed E-state index contributed by atoms with van der Waals surface area (Å²) >= 11 is 7.43. The van der Waals surface area contributed by atoms with Gasteiger partial charge in [-0.05, 0) is 60.4 Å². The predicted molar refractivity (Wildman–Crippen MR) is 117 cm³/mol. The van der Waals surface area contributed by atoms with Crippen molar-refractivity contribution in [3.8, 4) is 0 Å². The van der Waals surface area contributed by atoms with Crippen LogP contribution in [0.4, 0.5) is 5.69 Å². The van der Waals surface area contributed by atoms with E-state index in [9.17, 15) is 9.59 Å². The Labute approximate surface area is 177 Å². The van der Waals surface area contributed by atoms with Gasteiger partial charge in [-0.3, -0.25) is 9.59 Å². The summed E-state index contributed by atoms with van der Waals surface area (Å²) in [5, 5.41) is 12.2. The first-order valence-corrected chi connectivity index (χ1v) is 10.9. The fourth-order valence-corrected chi connectivity index (χ4v) is 5.20. The van der Waals surface area contributed by atoms with Crippen molar-refractivity contribution in [3.63, 3.8) is 0 Å². The molecular formula is C21H23ClN4O2S. The van der Waals surface area contributed by atoms with Gasteiger partial charge >= 0.3 is 0 Å². The largest absolute Gasteiger partial charge is 0.324 e. The van der Waals surface area contributed by atoms with E-state index >= 15 is 0 Å². The van der Waals surface area contributed by atoms with E-state index in [1.54, 1.807) is 35.6 Å². The van der Waals surface area contributed by atoms with Gasteiger partial charge in [0.2, 0.25) is 5.91 Å². The lowest BCUT2D eigenvalue weighted by atomic mass is 9.72. The lowest BCUT2D eigenvalue weighted by Crippen LogP contribution is -2.31. The van der Waals surface area contributed by atoms with Crippen LogP contribution in [0.1, 0.15) is 37.6 Å². The first-order valence-electron chi connectivity index (χ1n) is 9.66. The molecule has 1 aliphatic carbocycles. The average molecular weight is 431 g/mol. The molecule has 3 aromatic rings. The number of benzene rings is 1. The highest BCUT2D eigenvalue weighted by Gasteiger charge is 2.32. The van der Waals surface area contributed by atoms with Gasteiger partial charge in [0.25, 0.3) is 5.56 Å². The van der Waals surface area contributed by atoms with Crippen molar-refractivity contribution in [2.75, 3.05) is 5.32 Å². The Hall–Kier alpha value is -2.25. The maximum absolute atomic E-state index is 13.0. The van der Waals surface area contributed by atoms with Gasteiger partial charge in [0.05, 0.1) is 5.39 Å². The monoisotopic (exact) mass is 430 g/mol. The molecule has 4 rings (SSSR count). The molecule has 0 spiro atoms. The molecule has 0 fully saturated rings. The number of carbonyl (C=O) groups excluding carboxylic acids is 1. The lowest BCUT2D eigenvalue weighted by Gasteiger charge is -2.33. The Morgan fingerprint density at radius 3 is 2.72 bits per heavy atom. The van der Waals surface area contributed by atoms with Gasteiger partial charge in [0, 0.05) is 15.6 Å². The molecule has 152 valence electrons. The van der Waals surface area contributed by atoms with E-state index in [2.05, 4.69) is 36.4 Å². The van der Waals surface area contributed by atoms with Crippen molar-refractivity contribution in [1.82, 2.24) is 15.0 Å². The highest BCUT2D eigenvalue weighted by Crippen LogP contribution is 2.41. The quantitative estimate of drug-likeness (QED) is 0.672. The summed E-state index contributed by atoms with van der Waals surface area (Å²) in [4.78, 5) is 27.3. The Bertz CT molecular complexity index is 1130. The SMILES string of the molecule is CC(C)(C)[C@H]1CCc2c(sc3nnn(CC(=O)Nc4ccc(Cl)cc4)c(=O)c23)C1. The lowest BCUT2D eigenvalue weighted by molar-refractivity contribution is -0.117. The van der Waals surface area contributed by atoms with Crippen molar-refractivity contribution in [3.05, 3.63) is 50.1 Å². The second-order valence-corrected chi connectivity index (χ2v) is 10.1. The summed E-state index contributed by atoms with van der Waals surface area (Å²) in [7, 11) is 0. The Balaban J connectivity index is 1.59. The minimum Gasteiger partial charge on any atom is -0.324 e. The van der Waals surface area contributed by atoms with Crippen LogP contribution in [-0.4, -0.2) is 20.9 Å². The molecule has 29 heavy (non-hydrogen) atoms. The predicted octanol–water partition coefficient (Wildman–Crippen LogP) is 4.30. The highest BCUT2D eigenvalue weighted by atomic mass is 35.5. The summed E-state index contributed by atoms with van der Waals surface area (Å²) in [5.41, 5.74) is 1.70. The molecule has 1 N–H and O–H groups in total. The molecular weight excluding hydrogens is 408 g/mol. The average Bonchev–Trinajstić information content (AvgIpc) is 3.03. The number of halogens is 1. The van der Waals surface area contributed by atoms with Gasteiger partial charge in [-0.15, -0.1) is 16.4 Å². The van der Waals surface area contributed by atoms with Crippen molar-refractivity contribution in [1.29, 1.82) is 0 Å². The van der Waals surface area contributed by atoms with Crippen LogP contribution < -0.4 is 10.9 Å². The Morgan fingerprint density at radius 1 is 1.31 bits per heavy atom. The van der Waals surface area contributed by atoms with Gasteiger partial charge < -0.3 is 5.32 Å². The summed E-state index contributed by atoms with van der Waals surface area (Å²) in [5.74, 6) is 0.253. The van der Waals surface area contributed by atoms with Crippen molar-refractivity contribution < 1.29 is 4.79 Å². The minimum atomic E-state index is -0.333. The van der Waals surface area contributed by atoms with Crippen LogP contribution >= 0.6 is 22.9 Å². The number of thiophene rings is 1. The van der Waals surface area contributed by atoms with Crippen LogP contribution in [0.3, 0.4) is 0 Å². The molecule has 1 aliphatic rings. The molecule has 0 unspecified atom stereocenters. The molecule has 8 heteroatoms. The zero-order valence-corrected chi connectivity index (χ0v) is 18.2. The number of hydrogen-bond acceptors (Lipinski definition) is 5. The van der Waals surface area contributed by atoms with Gasteiger partial charge in [-0.1, -0.05) is 37.6 Å². The van der Waals surface area contributed by atoms with Crippen molar-refractivity contribution in [2.45, 2.75) is 46.6 Å². The molecule has 0 saturated heterocycles. The van der Waals surface area contributed by atoms with Gasteiger partial charge in [-0.25, -0.2) is 4.68 Å². The van der Waals surface area contributed by atoms with E-state index in [4.69, 9.17) is 11.6 Å². The Kier molecular flexibility index (Phi) is 5.21. The summed E-state index contributed by atoms with van der Waals surface area (Å²) < 4.78 is 1.15. The van der Waals surface area contributed by atoms with Gasteiger partial charge in [0.1, 0.15) is 6.54 Å². The molecule has 1 amide bonds. The molecule has 1 atom stereocenters. The number of amides is 1. The maximum Gasteiger partial charge on any atom is 0.279 e. The van der Waals surface area contributed by atoms with Crippen LogP contribution in [0.25, 0.3) is 10.2 Å². The number of aryl methyl sites for hydroxylation is 1. The van der Waals surface area contributed by atoms with E-state index in [1.807, 2.05) is 0 Å². The Morgan fingerprint density at radius 2 is 2.03 bits per heavy atom. The number of anilines is 1. The van der Waals surface area contributed by atoms with Crippen molar-refractivity contribution >= 4 is 44.7 Å². The van der Waals surface area contributed by atoms with Gasteiger partial charge in [0.15, 0.2) is 4.83 Å². The number of nitrogens with one attached hydrogen (secondary N) is 1. The number of hydrogen-bond donors (Lipinski definition) is 1. The zero-order chi connectivity index (χ0) is 20.8. The topological polar surface area (TPSA) is 76.9 Å². The second-order valence-electron chi connectivity index (χ2n) is 8.60. The first kappa shape index (κ1) is 20.0. The standard InChI is InChI=1S/C21H23ClN4O2S/c1-21(2,3)12-4-9-15-16(10-12)29-19-18(15)20(28)26(25-24-19)11-17(27)23-14-7-5-13(22)6-8-14/h5-8,12H,4,9-11H2,1-3H3,(H,23,27)/t12-/m0/s1. The molecule has 0 saturated carbocycles. The molecule has 0 aliphatic heterocycles. The van der Waals surface area contributed by atoms with E-state index in [0.29, 0.717) is 26.8 Å². The number of nitrogens with zero attached hydrogens (tertiary/aromatic N) is 3. The zero-order valence-electron chi connectivity index (χ0n) is 16.7. The summed E-state index contributed by atoms with van der Waals surface area (Å²) in [6, 6.07) is 6.80. The number of aromatic nitrogens is 3.